The molecule has 1 amide bonds. The number of ether oxygens (including phenoxy) is 1. The minimum absolute atomic E-state index is 0.0774. The molecule has 0 bridgehead atoms. The van der Waals surface area contributed by atoms with Crippen LogP contribution >= 0.6 is 0 Å². The van der Waals surface area contributed by atoms with Crippen molar-refractivity contribution in [1.29, 1.82) is 0 Å². The van der Waals surface area contributed by atoms with Crippen molar-refractivity contribution in [3.8, 4) is 5.75 Å². The molecule has 5 heteroatoms. The molecule has 1 saturated heterocycles. The number of aliphatic hydroxyl groups is 1. The Morgan fingerprint density at radius 3 is 2.85 bits per heavy atom. The first-order chi connectivity index (χ1) is 12.6. The number of hydrogen-bond acceptors (Lipinski definition) is 4. The lowest BCUT2D eigenvalue weighted by Crippen LogP contribution is -2.40. The molecule has 1 atom stereocenters. The van der Waals surface area contributed by atoms with Crippen molar-refractivity contribution in [2.75, 3.05) is 19.7 Å². The second kappa shape index (κ2) is 6.77. The molecule has 0 aliphatic carbocycles. The summed E-state index contributed by atoms with van der Waals surface area (Å²) in [5.74, 6) is 0.638. The number of fused-ring (bicyclic) bond motifs is 1. The highest BCUT2D eigenvalue weighted by Gasteiger charge is 2.39. The predicted octanol–water partition coefficient (Wildman–Crippen LogP) is 2.89. The van der Waals surface area contributed by atoms with Gasteiger partial charge in [0, 0.05) is 23.7 Å². The molecule has 1 unspecified atom stereocenters. The van der Waals surface area contributed by atoms with Gasteiger partial charge in [0.2, 0.25) is 0 Å². The van der Waals surface area contributed by atoms with Gasteiger partial charge in [-0.1, -0.05) is 24.3 Å². The van der Waals surface area contributed by atoms with Crippen molar-refractivity contribution >= 4 is 16.8 Å². The number of hydrogen-bond donors (Lipinski definition) is 1. The van der Waals surface area contributed by atoms with Crippen LogP contribution in [0.4, 0.5) is 0 Å². The Hall–Kier alpha value is -2.92. The van der Waals surface area contributed by atoms with Crippen LogP contribution in [0.1, 0.15) is 16.8 Å². The second-order valence-electron chi connectivity index (χ2n) is 6.71. The number of benzene rings is 2. The summed E-state index contributed by atoms with van der Waals surface area (Å²) in [6.45, 7) is 0.949. The summed E-state index contributed by atoms with van der Waals surface area (Å²) in [6.07, 6.45) is 2.23. The molecule has 5 nitrogen and oxygen atoms in total. The quantitative estimate of drug-likeness (QED) is 0.787. The van der Waals surface area contributed by atoms with Crippen molar-refractivity contribution in [2.24, 2.45) is 0 Å². The van der Waals surface area contributed by atoms with Gasteiger partial charge in [-0.25, -0.2) is 0 Å². The van der Waals surface area contributed by atoms with E-state index in [-0.39, 0.29) is 19.1 Å². The number of β-amino-alcohol motifs (C(OH)–C–C–N with tert-alkyl or cyclic N) is 1. The van der Waals surface area contributed by atoms with Crippen LogP contribution in [0.5, 0.6) is 5.75 Å². The Labute approximate surface area is 151 Å². The minimum atomic E-state index is -1.02. The summed E-state index contributed by atoms with van der Waals surface area (Å²) < 4.78 is 5.69. The van der Waals surface area contributed by atoms with Crippen molar-refractivity contribution in [3.05, 3.63) is 72.4 Å². The smallest absolute Gasteiger partial charge is 0.253 e. The average Bonchev–Trinajstić information content (AvgIpc) is 3.09. The monoisotopic (exact) mass is 348 g/mol. The second-order valence-corrected chi connectivity index (χ2v) is 6.71. The zero-order valence-electron chi connectivity index (χ0n) is 14.3. The van der Waals surface area contributed by atoms with Gasteiger partial charge in [-0.05, 0) is 42.8 Å². The number of amides is 1. The first-order valence-electron chi connectivity index (χ1n) is 8.67. The first kappa shape index (κ1) is 16.5. The van der Waals surface area contributed by atoms with Gasteiger partial charge in [0.25, 0.3) is 5.91 Å². The number of aromatic nitrogens is 1. The van der Waals surface area contributed by atoms with Crippen LogP contribution in [0.3, 0.4) is 0 Å². The van der Waals surface area contributed by atoms with Crippen molar-refractivity contribution in [2.45, 2.75) is 12.0 Å². The Morgan fingerprint density at radius 2 is 2.00 bits per heavy atom. The molecule has 0 saturated carbocycles. The largest absolute Gasteiger partial charge is 0.491 e. The summed E-state index contributed by atoms with van der Waals surface area (Å²) in [6, 6.07) is 18.7. The lowest BCUT2D eigenvalue weighted by Gasteiger charge is -2.23. The zero-order valence-corrected chi connectivity index (χ0v) is 14.3. The lowest BCUT2D eigenvalue weighted by molar-refractivity contribution is 0.00431. The summed E-state index contributed by atoms with van der Waals surface area (Å²) in [7, 11) is 0. The third-order valence-corrected chi connectivity index (χ3v) is 4.72. The number of pyridine rings is 1. The fraction of sp³-hybridized carbons (Fsp3) is 0.238. The summed E-state index contributed by atoms with van der Waals surface area (Å²) in [5.41, 5.74) is 0.446. The Kier molecular flexibility index (Phi) is 4.31. The van der Waals surface area contributed by atoms with Gasteiger partial charge in [0.05, 0.1) is 12.1 Å². The number of carbonyl (C=O) groups is 1. The standard InChI is InChI=1S/C21H20N2O3/c24-20(17-8-9-19-16(13-17)5-4-11-22-19)23-12-10-21(25,14-23)15-26-18-6-2-1-3-7-18/h1-9,11,13,25H,10,12,14-15H2. The van der Waals surface area contributed by atoms with Gasteiger partial charge in [-0.2, -0.15) is 0 Å². The normalized spacial score (nSPS) is 19.7. The van der Waals surface area contributed by atoms with E-state index in [1.807, 2.05) is 54.6 Å². The molecular formula is C21H20N2O3. The van der Waals surface area contributed by atoms with Gasteiger partial charge in [-0.15, -0.1) is 0 Å². The third-order valence-electron chi connectivity index (χ3n) is 4.72. The van der Waals surface area contributed by atoms with Gasteiger partial charge in [-0.3, -0.25) is 9.78 Å². The molecule has 132 valence electrons. The summed E-state index contributed by atoms with van der Waals surface area (Å²) in [4.78, 5) is 18.8. The van der Waals surface area contributed by atoms with E-state index in [2.05, 4.69) is 4.98 Å². The fourth-order valence-electron chi connectivity index (χ4n) is 3.27. The highest BCUT2D eigenvalue weighted by molar-refractivity contribution is 5.98. The number of carbonyl (C=O) groups excluding carboxylic acids is 1. The molecule has 0 spiro atoms. The molecule has 2 aromatic carbocycles. The SMILES string of the molecule is O=C(c1ccc2ncccc2c1)N1CCC(O)(COc2ccccc2)C1. The van der Waals surface area contributed by atoms with E-state index < -0.39 is 5.60 Å². The van der Waals surface area contributed by atoms with Gasteiger partial charge >= 0.3 is 0 Å². The minimum Gasteiger partial charge on any atom is -0.491 e. The van der Waals surface area contributed by atoms with E-state index in [1.165, 1.54) is 0 Å². The maximum Gasteiger partial charge on any atom is 0.253 e. The number of para-hydroxylation sites is 1. The maximum absolute atomic E-state index is 12.8. The fourth-order valence-corrected chi connectivity index (χ4v) is 3.27. The molecule has 26 heavy (non-hydrogen) atoms. The predicted molar refractivity (Wildman–Crippen MR) is 99.2 cm³/mol. The Balaban J connectivity index is 1.44. The summed E-state index contributed by atoms with van der Waals surface area (Å²) in [5, 5.41) is 11.7. The van der Waals surface area contributed by atoms with Crippen LogP contribution < -0.4 is 4.74 Å². The van der Waals surface area contributed by atoms with Gasteiger partial charge < -0.3 is 14.7 Å². The molecule has 1 N–H and O–H groups in total. The maximum atomic E-state index is 12.8. The first-order valence-corrected chi connectivity index (χ1v) is 8.67. The van der Waals surface area contributed by atoms with Crippen LogP contribution in [0.15, 0.2) is 66.9 Å². The van der Waals surface area contributed by atoms with E-state index in [0.29, 0.717) is 24.3 Å². The number of nitrogens with zero attached hydrogens (tertiary/aromatic N) is 2. The van der Waals surface area contributed by atoms with E-state index in [0.717, 1.165) is 10.9 Å². The number of rotatable bonds is 4. The van der Waals surface area contributed by atoms with Gasteiger partial charge in [0.1, 0.15) is 18.0 Å². The van der Waals surface area contributed by atoms with Crippen molar-refractivity contribution in [3.63, 3.8) is 0 Å². The van der Waals surface area contributed by atoms with Crippen LogP contribution in [0.2, 0.25) is 0 Å². The van der Waals surface area contributed by atoms with Crippen molar-refractivity contribution < 1.29 is 14.6 Å². The van der Waals surface area contributed by atoms with E-state index in [4.69, 9.17) is 4.74 Å². The molecule has 1 aliphatic rings. The van der Waals surface area contributed by atoms with Crippen LogP contribution in [-0.4, -0.2) is 46.2 Å². The Morgan fingerprint density at radius 1 is 1.15 bits per heavy atom. The highest BCUT2D eigenvalue weighted by Crippen LogP contribution is 2.25. The highest BCUT2D eigenvalue weighted by atomic mass is 16.5. The third kappa shape index (κ3) is 3.39. The van der Waals surface area contributed by atoms with Crippen LogP contribution in [-0.2, 0) is 0 Å². The van der Waals surface area contributed by atoms with Crippen LogP contribution in [0.25, 0.3) is 10.9 Å². The zero-order chi connectivity index (χ0) is 18.0. The Bertz CT molecular complexity index is 929. The molecule has 1 aliphatic heterocycles. The van der Waals surface area contributed by atoms with Crippen molar-refractivity contribution in [1.82, 2.24) is 9.88 Å². The summed E-state index contributed by atoms with van der Waals surface area (Å²) >= 11 is 0. The molecule has 0 radical (unpaired) electrons. The van der Waals surface area contributed by atoms with E-state index in [9.17, 15) is 9.90 Å². The van der Waals surface area contributed by atoms with E-state index in [1.54, 1.807) is 17.2 Å². The molecule has 4 rings (SSSR count). The molecule has 2 heterocycles. The van der Waals surface area contributed by atoms with Crippen LogP contribution in [0, 0.1) is 0 Å². The lowest BCUT2D eigenvalue weighted by atomic mass is 10.1. The van der Waals surface area contributed by atoms with Gasteiger partial charge in [0.15, 0.2) is 0 Å². The van der Waals surface area contributed by atoms with E-state index >= 15 is 0 Å². The molecule has 3 aromatic rings. The number of likely N-dealkylation sites (tertiary alicyclic amines) is 1. The molecule has 1 aromatic heterocycles. The average molecular weight is 348 g/mol. The topological polar surface area (TPSA) is 62.7 Å². The molecular weight excluding hydrogens is 328 g/mol. The molecule has 1 fully saturated rings.